The molecule has 0 spiro atoms. The molecule has 1 aliphatic heterocycles. The standard InChI is InChI=1S/C11H24O4Si/c1-4-12-11(13-5-2)16-8-9(3)14-6-10-7-15-10/h9-11H,4-8,16H2,1-3H3. The summed E-state index contributed by atoms with van der Waals surface area (Å²) < 4.78 is 21.8. The van der Waals surface area contributed by atoms with Crippen LogP contribution < -0.4 is 0 Å². The van der Waals surface area contributed by atoms with Crippen LogP contribution in [0.3, 0.4) is 0 Å². The first-order valence-electron chi connectivity index (χ1n) is 6.22. The van der Waals surface area contributed by atoms with Gasteiger partial charge in [0.2, 0.25) is 0 Å². The summed E-state index contributed by atoms with van der Waals surface area (Å²) in [6, 6.07) is 1.09. The average Bonchev–Trinajstić information content (AvgIpc) is 3.07. The molecule has 0 radical (unpaired) electrons. The van der Waals surface area contributed by atoms with E-state index < -0.39 is 0 Å². The SMILES string of the molecule is CCOC(OCC)[SiH2]CC(C)OCC1CO1. The van der Waals surface area contributed by atoms with Gasteiger partial charge in [0.25, 0.3) is 0 Å². The van der Waals surface area contributed by atoms with E-state index in [0.29, 0.717) is 12.2 Å². The van der Waals surface area contributed by atoms with Crippen LogP contribution in [0.1, 0.15) is 20.8 Å². The zero-order valence-corrected chi connectivity index (χ0v) is 12.0. The number of rotatable bonds is 10. The van der Waals surface area contributed by atoms with Crippen LogP contribution in [0.5, 0.6) is 0 Å². The number of hydrogen-bond donors (Lipinski definition) is 0. The van der Waals surface area contributed by atoms with Crippen molar-refractivity contribution in [2.75, 3.05) is 26.4 Å². The minimum Gasteiger partial charge on any atom is -0.376 e. The first-order valence-corrected chi connectivity index (χ1v) is 8.04. The van der Waals surface area contributed by atoms with Gasteiger partial charge in [0, 0.05) is 13.2 Å². The summed E-state index contributed by atoms with van der Waals surface area (Å²) in [6.07, 6.45) is 0.665. The summed E-state index contributed by atoms with van der Waals surface area (Å²) in [5.41, 5.74) is 0. The van der Waals surface area contributed by atoms with E-state index in [1.165, 1.54) is 0 Å². The quantitative estimate of drug-likeness (QED) is 0.325. The lowest BCUT2D eigenvalue weighted by molar-refractivity contribution is -0.0835. The van der Waals surface area contributed by atoms with Crippen molar-refractivity contribution in [2.45, 2.75) is 44.9 Å². The fourth-order valence-electron chi connectivity index (χ4n) is 1.48. The molecule has 0 aromatic rings. The van der Waals surface area contributed by atoms with Crippen molar-refractivity contribution in [1.29, 1.82) is 0 Å². The number of ether oxygens (including phenoxy) is 4. The molecule has 5 heteroatoms. The summed E-state index contributed by atoms with van der Waals surface area (Å²) in [6.45, 7) is 9.18. The molecule has 1 aliphatic rings. The van der Waals surface area contributed by atoms with Gasteiger partial charge in [-0.25, -0.2) is 0 Å². The van der Waals surface area contributed by atoms with Gasteiger partial charge in [-0.05, 0) is 26.8 Å². The van der Waals surface area contributed by atoms with Crippen molar-refractivity contribution < 1.29 is 18.9 Å². The summed E-state index contributed by atoms with van der Waals surface area (Å²) in [7, 11) is -0.379. The third-order valence-electron chi connectivity index (χ3n) is 2.48. The summed E-state index contributed by atoms with van der Waals surface area (Å²) in [5, 5.41) is 0. The Labute approximate surface area is 100 Å². The monoisotopic (exact) mass is 248 g/mol. The van der Waals surface area contributed by atoms with E-state index in [-0.39, 0.29) is 15.4 Å². The molecule has 0 saturated carbocycles. The highest BCUT2D eigenvalue weighted by molar-refractivity contribution is 6.36. The molecule has 0 aliphatic carbocycles. The highest BCUT2D eigenvalue weighted by atomic mass is 28.2. The molecular formula is C11H24O4Si. The topological polar surface area (TPSA) is 40.2 Å². The summed E-state index contributed by atoms with van der Waals surface area (Å²) >= 11 is 0. The van der Waals surface area contributed by atoms with Crippen LogP contribution in [-0.4, -0.2) is 54.1 Å². The van der Waals surface area contributed by atoms with Crippen molar-refractivity contribution in [1.82, 2.24) is 0 Å². The fraction of sp³-hybridized carbons (Fsp3) is 1.00. The van der Waals surface area contributed by atoms with Gasteiger partial charge < -0.3 is 18.9 Å². The van der Waals surface area contributed by atoms with Crippen LogP contribution in [-0.2, 0) is 18.9 Å². The zero-order valence-electron chi connectivity index (χ0n) is 10.6. The lowest BCUT2D eigenvalue weighted by Crippen LogP contribution is -2.27. The van der Waals surface area contributed by atoms with Crippen molar-refractivity contribution in [3.63, 3.8) is 0 Å². The van der Waals surface area contributed by atoms with Crippen molar-refractivity contribution in [3.05, 3.63) is 0 Å². The Bertz CT molecular complexity index is 169. The van der Waals surface area contributed by atoms with Gasteiger partial charge >= 0.3 is 0 Å². The van der Waals surface area contributed by atoms with E-state index >= 15 is 0 Å². The van der Waals surface area contributed by atoms with Gasteiger partial charge in [0.1, 0.15) is 12.0 Å². The molecule has 16 heavy (non-hydrogen) atoms. The fourth-order valence-corrected chi connectivity index (χ4v) is 3.19. The Morgan fingerprint density at radius 3 is 2.38 bits per heavy atom. The van der Waals surface area contributed by atoms with Gasteiger partial charge in [-0.1, -0.05) is 0 Å². The first kappa shape index (κ1) is 14.1. The third-order valence-corrected chi connectivity index (χ3v) is 4.57. The molecule has 1 fully saturated rings. The van der Waals surface area contributed by atoms with E-state index in [1.54, 1.807) is 0 Å². The van der Waals surface area contributed by atoms with Crippen molar-refractivity contribution in [3.8, 4) is 0 Å². The normalized spacial score (nSPS) is 22.1. The Morgan fingerprint density at radius 2 is 1.88 bits per heavy atom. The van der Waals surface area contributed by atoms with Gasteiger partial charge in [-0.2, -0.15) is 0 Å². The van der Waals surface area contributed by atoms with Crippen LogP contribution in [0.4, 0.5) is 0 Å². The Kier molecular flexibility index (Phi) is 7.23. The second kappa shape index (κ2) is 8.19. The van der Waals surface area contributed by atoms with Crippen LogP contribution in [0.15, 0.2) is 0 Å². The molecule has 96 valence electrons. The third kappa shape index (κ3) is 6.60. The first-order chi connectivity index (χ1) is 7.76. The largest absolute Gasteiger partial charge is 0.376 e. The van der Waals surface area contributed by atoms with E-state index in [4.69, 9.17) is 18.9 Å². The zero-order chi connectivity index (χ0) is 11.8. The predicted octanol–water partition coefficient (Wildman–Crippen LogP) is 0.734. The Hall–Kier alpha value is 0.0569. The van der Waals surface area contributed by atoms with Crippen LogP contribution in [0.2, 0.25) is 6.04 Å². The maximum Gasteiger partial charge on any atom is 0.134 e. The maximum absolute atomic E-state index is 5.67. The maximum atomic E-state index is 5.67. The molecule has 0 amide bonds. The molecule has 0 aromatic carbocycles. The lowest BCUT2D eigenvalue weighted by Gasteiger charge is -2.18. The van der Waals surface area contributed by atoms with E-state index in [2.05, 4.69) is 6.92 Å². The van der Waals surface area contributed by atoms with Crippen molar-refractivity contribution >= 4 is 9.52 Å². The predicted molar refractivity (Wildman–Crippen MR) is 65.5 cm³/mol. The Balaban J connectivity index is 2.03. The van der Waals surface area contributed by atoms with Crippen LogP contribution in [0, 0.1) is 0 Å². The van der Waals surface area contributed by atoms with Crippen LogP contribution in [0.25, 0.3) is 0 Å². The van der Waals surface area contributed by atoms with E-state index in [0.717, 1.165) is 32.5 Å². The summed E-state index contributed by atoms with van der Waals surface area (Å²) in [5.74, 6) is 0.0539. The van der Waals surface area contributed by atoms with E-state index in [1.807, 2.05) is 13.8 Å². The molecule has 1 rings (SSSR count). The highest BCUT2D eigenvalue weighted by Gasteiger charge is 2.23. The molecular weight excluding hydrogens is 224 g/mol. The molecule has 1 saturated heterocycles. The Morgan fingerprint density at radius 1 is 1.25 bits per heavy atom. The second-order valence-corrected chi connectivity index (χ2v) is 5.84. The molecule has 4 nitrogen and oxygen atoms in total. The van der Waals surface area contributed by atoms with Gasteiger partial charge in [-0.3, -0.25) is 0 Å². The van der Waals surface area contributed by atoms with Gasteiger partial charge in [0.05, 0.1) is 28.8 Å². The van der Waals surface area contributed by atoms with Gasteiger partial charge in [-0.15, -0.1) is 0 Å². The molecule has 0 N–H and O–H groups in total. The molecule has 1 heterocycles. The molecule has 0 bridgehead atoms. The second-order valence-electron chi connectivity index (χ2n) is 4.02. The average molecular weight is 248 g/mol. The molecule has 2 unspecified atom stereocenters. The van der Waals surface area contributed by atoms with Crippen molar-refractivity contribution in [2.24, 2.45) is 0 Å². The lowest BCUT2D eigenvalue weighted by atomic mass is 10.4. The number of epoxide rings is 1. The van der Waals surface area contributed by atoms with Gasteiger partial charge in [0.15, 0.2) is 0 Å². The molecule has 0 aromatic heterocycles. The smallest absolute Gasteiger partial charge is 0.134 e. The minimum atomic E-state index is -0.379. The van der Waals surface area contributed by atoms with E-state index in [9.17, 15) is 0 Å². The van der Waals surface area contributed by atoms with Crippen LogP contribution >= 0.6 is 0 Å². The number of hydrogen-bond acceptors (Lipinski definition) is 4. The molecule has 2 atom stereocenters. The minimum absolute atomic E-state index is 0.0539. The summed E-state index contributed by atoms with van der Waals surface area (Å²) in [4.78, 5) is 0. The highest BCUT2D eigenvalue weighted by Crippen LogP contribution is 2.11.